The predicted molar refractivity (Wildman–Crippen MR) is 96.5 cm³/mol. The Kier molecular flexibility index (Phi) is 5.57. The van der Waals surface area contributed by atoms with Crippen LogP contribution in [0.4, 0.5) is 0 Å². The first kappa shape index (κ1) is 18.9. The molecule has 2 aromatic rings. The van der Waals surface area contributed by atoms with Crippen molar-refractivity contribution in [2.45, 2.75) is 20.8 Å². The second-order valence-electron chi connectivity index (χ2n) is 5.69. The molecule has 0 aliphatic rings. The molecule has 2 rings (SSSR count). The van der Waals surface area contributed by atoms with Crippen molar-refractivity contribution < 1.29 is 29.3 Å². The summed E-state index contributed by atoms with van der Waals surface area (Å²) in [5.41, 5.74) is 0.844. The van der Waals surface area contributed by atoms with Gasteiger partial charge in [-0.25, -0.2) is 0 Å². The first-order valence-electron chi connectivity index (χ1n) is 7.78. The molecular weight excluding hydrogens is 336 g/mol. The van der Waals surface area contributed by atoms with Gasteiger partial charge in [-0.15, -0.1) is 0 Å². The van der Waals surface area contributed by atoms with Gasteiger partial charge >= 0.3 is 5.97 Å². The molecule has 0 aromatic heterocycles. The van der Waals surface area contributed by atoms with Crippen LogP contribution in [0.25, 0.3) is 12.2 Å². The fourth-order valence-corrected chi connectivity index (χ4v) is 2.52. The SMILES string of the molecule is CC(=O)Oc1c(C(C)=O)c(O)cc(/C=C/c2ccc(O)cc2)c1C(C)=O. The molecule has 0 radical (unpaired) electrons. The van der Waals surface area contributed by atoms with E-state index in [2.05, 4.69) is 0 Å². The molecule has 0 heterocycles. The summed E-state index contributed by atoms with van der Waals surface area (Å²) in [5.74, 6) is -2.18. The minimum absolute atomic E-state index is 0.0261. The minimum atomic E-state index is -0.714. The number of ketones is 2. The highest BCUT2D eigenvalue weighted by atomic mass is 16.5. The van der Waals surface area contributed by atoms with E-state index in [1.165, 1.54) is 32.0 Å². The Hall–Kier alpha value is -3.41. The summed E-state index contributed by atoms with van der Waals surface area (Å²) in [5, 5.41) is 19.5. The molecule has 0 saturated heterocycles. The number of hydrogen-bond acceptors (Lipinski definition) is 6. The molecule has 0 bridgehead atoms. The van der Waals surface area contributed by atoms with Crippen molar-refractivity contribution in [3.8, 4) is 17.2 Å². The number of carbonyl (C=O) groups is 3. The molecule has 0 fully saturated rings. The van der Waals surface area contributed by atoms with Gasteiger partial charge in [-0.3, -0.25) is 14.4 Å². The minimum Gasteiger partial charge on any atom is -0.508 e. The molecule has 6 heteroatoms. The van der Waals surface area contributed by atoms with Gasteiger partial charge < -0.3 is 14.9 Å². The molecule has 26 heavy (non-hydrogen) atoms. The van der Waals surface area contributed by atoms with E-state index in [1.807, 2.05) is 0 Å². The van der Waals surface area contributed by atoms with Crippen molar-refractivity contribution in [2.75, 3.05) is 0 Å². The van der Waals surface area contributed by atoms with Crippen LogP contribution in [0, 0.1) is 0 Å². The van der Waals surface area contributed by atoms with Crippen LogP contribution >= 0.6 is 0 Å². The van der Waals surface area contributed by atoms with E-state index in [-0.39, 0.29) is 28.4 Å². The number of phenols is 2. The van der Waals surface area contributed by atoms with Gasteiger partial charge in [-0.05, 0) is 43.2 Å². The number of phenolic OH excluding ortho intramolecular Hbond substituents is 2. The van der Waals surface area contributed by atoms with Crippen LogP contribution in [0.5, 0.6) is 17.2 Å². The fourth-order valence-electron chi connectivity index (χ4n) is 2.52. The van der Waals surface area contributed by atoms with Crippen LogP contribution in [0.3, 0.4) is 0 Å². The molecule has 0 spiro atoms. The fraction of sp³-hybridized carbons (Fsp3) is 0.150. The van der Waals surface area contributed by atoms with Crippen molar-refractivity contribution in [3.05, 3.63) is 52.6 Å². The number of Topliss-reactive ketones (excluding diaryl/α,β-unsaturated/α-hetero) is 2. The lowest BCUT2D eigenvalue weighted by atomic mass is 9.95. The summed E-state index contributed by atoms with van der Waals surface area (Å²) in [4.78, 5) is 35.4. The molecule has 0 atom stereocenters. The number of rotatable bonds is 5. The van der Waals surface area contributed by atoms with E-state index in [0.717, 1.165) is 12.5 Å². The Morgan fingerprint density at radius 2 is 1.46 bits per heavy atom. The van der Waals surface area contributed by atoms with Gasteiger partial charge in [0.25, 0.3) is 0 Å². The van der Waals surface area contributed by atoms with Crippen LogP contribution in [0.1, 0.15) is 52.6 Å². The van der Waals surface area contributed by atoms with Gasteiger partial charge in [0.2, 0.25) is 0 Å². The second-order valence-corrected chi connectivity index (χ2v) is 5.69. The molecule has 0 saturated carbocycles. The van der Waals surface area contributed by atoms with Crippen molar-refractivity contribution in [1.29, 1.82) is 0 Å². The van der Waals surface area contributed by atoms with Crippen LogP contribution in [-0.2, 0) is 4.79 Å². The second kappa shape index (κ2) is 7.65. The summed E-state index contributed by atoms with van der Waals surface area (Å²) < 4.78 is 5.08. The van der Waals surface area contributed by atoms with Crippen molar-refractivity contribution in [3.63, 3.8) is 0 Å². The molecule has 0 aliphatic heterocycles. The topological polar surface area (TPSA) is 101 Å². The highest BCUT2D eigenvalue weighted by molar-refractivity contribution is 6.09. The quantitative estimate of drug-likeness (QED) is 0.368. The van der Waals surface area contributed by atoms with Crippen LogP contribution in [0.15, 0.2) is 30.3 Å². The van der Waals surface area contributed by atoms with E-state index in [4.69, 9.17) is 4.74 Å². The normalized spacial score (nSPS) is 10.7. The van der Waals surface area contributed by atoms with Gasteiger partial charge in [-0.2, -0.15) is 0 Å². The van der Waals surface area contributed by atoms with E-state index in [9.17, 15) is 24.6 Å². The van der Waals surface area contributed by atoms with Gasteiger partial charge in [0.05, 0.1) is 5.56 Å². The number of benzene rings is 2. The molecule has 0 unspecified atom stereocenters. The molecular formula is C20H18O6. The van der Waals surface area contributed by atoms with E-state index < -0.39 is 17.5 Å². The summed E-state index contributed by atoms with van der Waals surface area (Å²) in [7, 11) is 0. The highest BCUT2D eigenvalue weighted by Crippen LogP contribution is 2.36. The van der Waals surface area contributed by atoms with E-state index in [0.29, 0.717) is 5.56 Å². The Balaban J connectivity index is 2.66. The number of hydrogen-bond donors (Lipinski definition) is 2. The maximum absolute atomic E-state index is 12.2. The zero-order valence-electron chi connectivity index (χ0n) is 14.6. The molecule has 6 nitrogen and oxygen atoms in total. The van der Waals surface area contributed by atoms with Gasteiger partial charge in [-0.1, -0.05) is 24.3 Å². The lowest BCUT2D eigenvalue weighted by Gasteiger charge is -2.15. The van der Waals surface area contributed by atoms with E-state index >= 15 is 0 Å². The average molecular weight is 354 g/mol. The third-order valence-corrected chi connectivity index (χ3v) is 3.59. The third-order valence-electron chi connectivity index (χ3n) is 3.59. The number of carbonyl (C=O) groups excluding carboxylic acids is 3. The zero-order chi connectivity index (χ0) is 19.4. The van der Waals surface area contributed by atoms with Gasteiger partial charge in [0, 0.05) is 6.92 Å². The predicted octanol–water partition coefficient (Wildman–Crippen LogP) is 3.60. The number of aromatic hydroxyl groups is 2. The van der Waals surface area contributed by atoms with Crippen LogP contribution in [-0.4, -0.2) is 27.7 Å². The molecule has 134 valence electrons. The summed E-state index contributed by atoms with van der Waals surface area (Å²) in [6.07, 6.45) is 3.21. The monoisotopic (exact) mass is 354 g/mol. The molecule has 0 aliphatic carbocycles. The molecule has 2 N–H and O–H groups in total. The van der Waals surface area contributed by atoms with Crippen molar-refractivity contribution >= 4 is 29.7 Å². The first-order valence-corrected chi connectivity index (χ1v) is 7.78. The van der Waals surface area contributed by atoms with Gasteiger partial charge in [0.15, 0.2) is 17.3 Å². The van der Waals surface area contributed by atoms with Crippen molar-refractivity contribution in [2.24, 2.45) is 0 Å². The Bertz CT molecular complexity index is 907. The zero-order valence-corrected chi connectivity index (χ0v) is 14.6. The maximum Gasteiger partial charge on any atom is 0.308 e. The van der Waals surface area contributed by atoms with Crippen molar-refractivity contribution in [1.82, 2.24) is 0 Å². The average Bonchev–Trinajstić information content (AvgIpc) is 2.52. The first-order chi connectivity index (χ1) is 12.2. The molecule has 0 amide bonds. The summed E-state index contributed by atoms with van der Waals surface area (Å²) in [6.45, 7) is 3.63. The van der Waals surface area contributed by atoms with Crippen LogP contribution < -0.4 is 4.74 Å². The lowest BCUT2D eigenvalue weighted by Crippen LogP contribution is -2.12. The molecule has 2 aromatic carbocycles. The Morgan fingerprint density at radius 3 is 1.96 bits per heavy atom. The number of esters is 1. The summed E-state index contributed by atoms with van der Waals surface area (Å²) >= 11 is 0. The Morgan fingerprint density at radius 1 is 0.885 bits per heavy atom. The third kappa shape index (κ3) is 4.16. The van der Waals surface area contributed by atoms with Gasteiger partial charge in [0.1, 0.15) is 17.1 Å². The lowest BCUT2D eigenvalue weighted by molar-refractivity contribution is -0.131. The highest BCUT2D eigenvalue weighted by Gasteiger charge is 2.25. The summed E-state index contributed by atoms with van der Waals surface area (Å²) in [6, 6.07) is 7.61. The smallest absolute Gasteiger partial charge is 0.308 e. The van der Waals surface area contributed by atoms with E-state index in [1.54, 1.807) is 24.3 Å². The largest absolute Gasteiger partial charge is 0.508 e. The maximum atomic E-state index is 12.2. The number of ether oxygens (including phenoxy) is 1. The van der Waals surface area contributed by atoms with Crippen LogP contribution in [0.2, 0.25) is 0 Å². The Labute approximate surface area is 150 Å². The standard InChI is InChI=1S/C20H18O6/c1-11(21)18-15(7-4-14-5-8-16(24)9-6-14)10-17(25)19(12(2)22)20(18)26-13(3)23/h4-10,24-25H,1-3H3/b7-4+.